The molecule has 1 aliphatic heterocycles. The largest absolute Gasteiger partial charge is 0.463 e. The average Bonchev–Trinajstić information content (AvgIpc) is 3.02. The minimum Gasteiger partial charge on any atom is -0.463 e. The van der Waals surface area contributed by atoms with E-state index in [9.17, 15) is 38.4 Å². The van der Waals surface area contributed by atoms with E-state index < -0.39 is 84.5 Å². The van der Waals surface area contributed by atoms with Gasteiger partial charge in [-0.3, -0.25) is 38.4 Å². The van der Waals surface area contributed by atoms with Crippen LogP contribution in [0.4, 0.5) is 0 Å². The Bertz CT molecular complexity index is 2010. The van der Waals surface area contributed by atoms with Crippen molar-refractivity contribution < 1.29 is 80.6 Å². The number of carbonyl (C=O) groups is 7. The van der Waals surface area contributed by atoms with E-state index >= 15 is 0 Å². The SMILES string of the molecule is CC(=O)OC[C@@H]1O[C@H](Oc2cc(OC(C)=O)c3c(=O)c(-c4ccc(OC(C)=O)c(OC(C)=O)c4)coc3c2)[C@@H](OC(C)=O)[C@H](OC(C)=O)[C@H]1OC(C)=O. The highest BCUT2D eigenvalue weighted by molar-refractivity contribution is 5.90. The molecule has 2 aromatic carbocycles. The lowest BCUT2D eigenvalue weighted by molar-refractivity contribution is -0.288. The second-order valence-corrected chi connectivity index (χ2v) is 11.4. The van der Waals surface area contributed by atoms with Gasteiger partial charge in [0.25, 0.3) is 0 Å². The van der Waals surface area contributed by atoms with Crippen LogP contribution < -0.4 is 24.4 Å². The fourth-order valence-electron chi connectivity index (χ4n) is 5.26. The minimum absolute atomic E-state index is 0.0815. The van der Waals surface area contributed by atoms with Crippen LogP contribution in [0.3, 0.4) is 0 Å². The summed E-state index contributed by atoms with van der Waals surface area (Å²) in [5, 5.41) is -0.232. The number of ether oxygens (including phenoxy) is 9. The molecule has 0 unspecified atom stereocenters. The van der Waals surface area contributed by atoms with Crippen LogP contribution in [0.2, 0.25) is 0 Å². The summed E-state index contributed by atoms with van der Waals surface area (Å²) in [6, 6.07) is 6.32. The lowest BCUT2D eigenvalue weighted by Gasteiger charge is -2.43. The predicted molar refractivity (Wildman–Crippen MR) is 174 cm³/mol. The number of carbonyl (C=O) groups excluding carboxylic acids is 7. The van der Waals surface area contributed by atoms with E-state index in [4.69, 9.17) is 47.0 Å². The molecular formula is C35H34O18. The van der Waals surface area contributed by atoms with E-state index in [1.54, 1.807) is 0 Å². The highest BCUT2D eigenvalue weighted by Gasteiger charge is 2.53. The molecule has 5 atom stereocenters. The molecule has 0 aliphatic carbocycles. The Balaban J connectivity index is 1.83. The van der Waals surface area contributed by atoms with Gasteiger partial charge in [0.1, 0.15) is 41.4 Å². The first-order valence-corrected chi connectivity index (χ1v) is 15.7. The molecule has 0 saturated carbocycles. The van der Waals surface area contributed by atoms with Crippen LogP contribution in [0.25, 0.3) is 22.1 Å². The Labute approximate surface area is 300 Å². The first-order valence-electron chi connectivity index (χ1n) is 15.7. The predicted octanol–water partition coefficient (Wildman–Crippen LogP) is 2.70. The monoisotopic (exact) mass is 742 g/mol. The molecule has 3 aromatic rings. The second-order valence-electron chi connectivity index (χ2n) is 11.4. The summed E-state index contributed by atoms with van der Waals surface area (Å²) in [5.74, 6) is -6.35. The Morgan fingerprint density at radius 2 is 1.19 bits per heavy atom. The minimum atomic E-state index is -1.67. The molecule has 0 bridgehead atoms. The van der Waals surface area contributed by atoms with Gasteiger partial charge in [-0.2, -0.15) is 0 Å². The molecular weight excluding hydrogens is 708 g/mol. The summed E-state index contributed by atoms with van der Waals surface area (Å²) in [5.41, 5.74) is -0.799. The number of benzene rings is 2. The molecule has 2 heterocycles. The van der Waals surface area contributed by atoms with E-state index in [2.05, 4.69) is 0 Å². The third-order valence-electron chi connectivity index (χ3n) is 7.03. The van der Waals surface area contributed by atoms with Crippen molar-refractivity contribution in [2.45, 2.75) is 79.2 Å². The molecule has 4 rings (SSSR count). The quantitative estimate of drug-likeness (QED) is 0.156. The number of hydrogen-bond acceptors (Lipinski definition) is 18. The molecule has 1 saturated heterocycles. The number of rotatable bonds is 11. The van der Waals surface area contributed by atoms with Crippen LogP contribution >= 0.6 is 0 Å². The van der Waals surface area contributed by atoms with Crippen molar-refractivity contribution in [1.29, 1.82) is 0 Å². The highest BCUT2D eigenvalue weighted by Crippen LogP contribution is 2.37. The van der Waals surface area contributed by atoms with Gasteiger partial charge in [0.2, 0.25) is 17.8 Å². The normalized spacial score (nSPS) is 19.3. The van der Waals surface area contributed by atoms with Crippen LogP contribution in [0, 0.1) is 0 Å². The van der Waals surface area contributed by atoms with Crippen LogP contribution in [0.5, 0.6) is 23.0 Å². The Kier molecular flexibility index (Phi) is 12.5. The van der Waals surface area contributed by atoms with Crippen LogP contribution in [-0.4, -0.2) is 79.1 Å². The van der Waals surface area contributed by atoms with Crippen molar-refractivity contribution in [2.75, 3.05) is 6.61 Å². The standard InChI is InChI=1S/C35H34O18/c1-15(36)44-14-29-32(49-19(5)40)33(50-20(6)41)34(51-21(7)42)35(53-29)52-23-11-27-30(28(12-23)48-18(4)39)31(43)24(13-45-27)22-8-9-25(46-16(2)37)26(10-22)47-17(3)38/h8-13,29,32-35H,14H2,1-7H3/t29-,32-,33+,34-,35-/m0/s1. The van der Waals surface area contributed by atoms with E-state index in [-0.39, 0.29) is 45.1 Å². The molecule has 282 valence electrons. The molecule has 0 spiro atoms. The van der Waals surface area contributed by atoms with Crippen LogP contribution in [0.15, 0.2) is 45.8 Å². The van der Waals surface area contributed by atoms with E-state index in [0.29, 0.717) is 0 Å². The molecule has 53 heavy (non-hydrogen) atoms. The van der Waals surface area contributed by atoms with Crippen molar-refractivity contribution in [2.24, 2.45) is 0 Å². The van der Waals surface area contributed by atoms with Crippen molar-refractivity contribution >= 4 is 52.8 Å². The van der Waals surface area contributed by atoms with Gasteiger partial charge in [0, 0.05) is 60.6 Å². The van der Waals surface area contributed by atoms with E-state index in [0.717, 1.165) is 60.8 Å². The zero-order valence-electron chi connectivity index (χ0n) is 29.4. The third kappa shape index (κ3) is 10.2. The number of hydrogen-bond donors (Lipinski definition) is 0. The van der Waals surface area contributed by atoms with Gasteiger partial charge in [-0.15, -0.1) is 0 Å². The highest BCUT2D eigenvalue weighted by atomic mass is 16.7. The van der Waals surface area contributed by atoms with Crippen molar-refractivity contribution in [3.05, 3.63) is 46.8 Å². The average molecular weight is 743 g/mol. The molecule has 1 aromatic heterocycles. The Morgan fingerprint density at radius 3 is 1.77 bits per heavy atom. The zero-order chi connectivity index (χ0) is 39.1. The van der Waals surface area contributed by atoms with Crippen LogP contribution in [-0.2, 0) is 57.2 Å². The maximum atomic E-state index is 13.9. The van der Waals surface area contributed by atoms with Gasteiger partial charge in [-0.1, -0.05) is 6.07 Å². The van der Waals surface area contributed by atoms with Gasteiger partial charge in [-0.25, -0.2) is 0 Å². The van der Waals surface area contributed by atoms with E-state index in [1.165, 1.54) is 24.3 Å². The molecule has 1 aliphatic rings. The molecule has 0 N–H and O–H groups in total. The third-order valence-corrected chi connectivity index (χ3v) is 7.03. The first kappa shape index (κ1) is 39.5. The molecule has 1 fully saturated rings. The summed E-state index contributed by atoms with van der Waals surface area (Å²) in [4.78, 5) is 97.6. The summed E-state index contributed by atoms with van der Waals surface area (Å²) in [6.07, 6.45) is -6.52. The first-order chi connectivity index (χ1) is 24.9. The summed E-state index contributed by atoms with van der Waals surface area (Å²) >= 11 is 0. The fraction of sp³-hybridized carbons (Fsp3) is 0.371. The lowest BCUT2D eigenvalue weighted by Crippen LogP contribution is -2.63. The maximum Gasteiger partial charge on any atom is 0.308 e. The topological polar surface area (TPSA) is 233 Å². The van der Waals surface area contributed by atoms with Gasteiger partial charge < -0.3 is 47.0 Å². The number of fused-ring (bicyclic) bond motifs is 1. The Morgan fingerprint density at radius 1 is 0.623 bits per heavy atom. The van der Waals surface area contributed by atoms with Gasteiger partial charge >= 0.3 is 41.8 Å². The number of esters is 7. The molecule has 0 amide bonds. The van der Waals surface area contributed by atoms with Crippen molar-refractivity contribution in [1.82, 2.24) is 0 Å². The van der Waals surface area contributed by atoms with Crippen molar-refractivity contribution in [3.8, 4) is 34.1 Å². The maximum absolute atomic E-state index is 13.9. The summed E-state index contributed by atoms with van der Waals surface area (Å²) < 4.78 is 54.7. The Hall–Kier alpha value is -6.30. The van der Waals surface area contributed by atoms with Gasteiger partial charge in [0.05, 0.1) is 5.56 Å². The fourth-order valence-corrected chi connectivity index (χ4v) is 5.26. The smallest absolute Gasteiger partial charge is 0.308 e. The summed E-state index contributed by atoms with van der Waals surface area (Å²) in [7, 11) is 0. The lowest BCUT2D eigenvalue weighted by atomic mass is 9.98. The zero-order valence-corrected chi connectivity index (χ0v) is 29.4. The second kappa shape index (κ2) is 16.8. The van der Waals surface area contributed by atoms with Gasteiger partial charge in [0.15, 0.2) is 23.7 Å². The van der Waals surface area contributed by atoms with Gasteiger partial charge in [-0.05, 0) is 17.7 Å². The summed E-state index contributed by atoms with van der Waals surface area (Å²) in [6.45, 7) is 7.11. The molecule has 0 radical (unpaired) electrons. The molecule has 18 heteroatoms. The molecule has 18 nitrogen and oxygen atoms in total. The van der Waals surface area contributed by atoms with Crippen molar-refractivity contribution in [3.63, 3.8) is 0 Å². The van der Waals surface area contributed by atoms with Crippen LogP contribution in [0.1, 0.15) is 48.5 Å². The van der Waals surface area contributed by atoms with E-state index in [1.807, 2.05) is 0 Å².